The second-order valence-corrected chi connectivity index (χ2v) is 6.87. The summed E-state index contributed by atoms with van der Waals surface area (Å²) in [6.07, 6.45) is 1.41. The van der Waals surface area contributed by atoms with Crippen LogP contribution in [0.4, 0.5) is 10.5 Å². The summed E-state index contributed by atoms with van der Waals surface area (Å²) in [7, 11) is 0. The molecule has 1 fully saturated rings. The number of hydrogen-bond acceptors (Lipinski definition) is 5. The van der Waals surface area contributed by atoms with E-state index in [0.29, 0.717) is 35.3 Å². The summed E-state index contributed by atoms with van der Waals surface area (Å²) in [4.78, 5) is 38.6. The fourth-order valence-electron chi connectivity index (χ4n) is 2.94. The van der Waals surface area contributed by atoms with Gasteiger partial charge in [-0.2, -0.15) is 0 Å². The maximum Gasteiger partial charge on any atom is 0.335 e. The van der Waals surface area contributed by atoms with Gasteiger partial charge in [0, 0.05) is 5.02 Å². The number of imide groups is 2. The summed E-state index contributed by atoms with van der Waals surface area (Å²) in [6.45, 7) is 6.41. The molecule has 0 unspecified atom stereocenters. The Balaban J connectivity index is 2.00. The maximum atomic E-state index is 13.0. The monoisotopic (exact) mass is 428 g/mol. The average molecular weight is 429 g/mol. The number of carbonyl (C=O) groups is 3. The molecule has 0 spiro atoms. The molecule has 8 heteroatoms. The molecule has 2 aromatic carbocycles. The Labute approximate surface area is 179 Å². The molecular formula is C22H21ClN2O5. The van der Waals surface area contributed by atoms with Crippen LogP contribution in [-0.4, -0.2) is 31.1 Å². The molecule has 2 aromatic rings. The van der Waals surface area contributed by atoms with Crippen molar-refractivity contribution in [3.8, 4) is 11.5 Å². The molecular weight excluding hydrogens is 408 g/mol. The normalized spacial score (nSPS) is 15.4. The Bertz CT molecular complexity index is 1050. The van der Waals surface area contributed by atoms with Crippen LogP contribution in [0.5, 0.6) is 11.5 Å². The van der Waals surface area contributed by atoms with Crippen molar-refractivity contribution in [2.24, 2.45) is 0 Å². The van der Waals surface area contributed by atoms with Crippen LogP contribution < -0.4 is 19.7 Å². The molecule has 0 bridgehead atoms. The number of nitrogens with zero attached hydrogens (tertiary/aromatic N) is 1. The minimum absolute atomic E-state index is 0.182. The average Bonchev–Trinajstić information content (AvgIpc) is 2.70. The van der Waals surface area contributed by atoms with Gasteiger partial charge in [-0.05, 0) is 62.2 Å². The molecule has 1 N–H and O–H groups in total. The number of aryl methyl sites for hydroxylation is 1. The van der Waals surface area contributed by atoms with Gasteiger partial charge in [-0.15, -0.1) is 0 Å². The molecule has 1 aliphatic heterocycles. The van der Waals surface area contributed by atoms with Crippen molar-refractivity contribution in [3.63, 3.8) is 0 Å². The van der Waals surface area contributed by atoms with E-state index in [0.717, 1.165) is 10.5 Å². The molecule has 0 saturated carbocycles. The second kappa shape index (κ2) is 9.00. The van der Waals surface area contributed by atoms with Gasteiger partial charge >= 0.3 is 6.03 Å². The summed E-state index contributed by atoms with van der Waals surface area (Å²) >= 11 is 6.13. The van der Waals surface area contributed by atoms with E-state index in [4.69, 9.17) is 21.1 Å². The van der Waals surface area contributed by atoms with E-state index in [1.54, 1.807) is 37.3 Å². The first kappa shape index (κ1) is 21.4. The van der Waals surface area contributed by atoms with E-state index < -0.39 is 17.8 Å². The van der Waals surface area contributed by atoms with Gasteiger partial charge in [-0.3, -0.25) is 14.9 Å². The minimum Gasteiger partial charge on any atom is -0.490 e. The second-order valence-electron chi connectivity index (χ2n) is 6.46. The third-order valence-electron chi connectivity index (χ3n) is 4.39. The molecule has 1 aliphatic rings. The minimum atomic E-state index is -0.830. The Hall–Kier alpha value is -3.32. The van der Waals surface area contributed by atoms with Gasteiger partial charge in [0.15, 0.2) is 11.5 Å². The lowest BCUT2D eigenvalue weighted by Gasteiger charge is -2.26. The van der Waals surface area contributed by atoms with Crippen molar-refractivity contribution in [1.82, 2.24) is 5.32 Å². The highest BCUT2D eigenvalue weighted by Gasteiger charge is 2.37. The molecule has 0 aliphatic carbocycles. The molecule has 0 aromatic heterocycles. The number of nitrogens with one attached hydrogen (secondary N) is 1. The molecule has 156 valence electrons. The number of barbiturate groups is 1. The Kier molecular flexibility index (Phi) is 6.42. The first-order valence-corrected chi connectivity index (χ1v) is 9.80. The molecule has 1 heterocycles. The number of ether oxygens (including phenoxy) is 2. The zero-order chi connectivity index (χ0) is 21.8. The summed E-state index contributed by atoms with van der Waals surface area (Å²) < 4.78 is 11.1. The van der Waals surface area contributed by atoms with Crippen LogP contribution in [-0.2, 0) is 9.59 Å². The SMILES string of the molecule is CCOc1ccc(/C=C2/C(=O)NC(=O)N(c3ccc(C)c(Cl)c3)C2=O)cc1OCC. The van der Waals surface area contributed by atoms with Crippen LogP contribution in [0.25, 0.3) is 6.08 Å². The van der Waals surface area contributed by atoms with Gasteiger partial charge in [-0.1, -0.05) is 23.7 Å². The Morgan fingerprint density at radius 3 is 2.37 bits per heavy atom. The van der Waals surface area contributed by atoms with Crippen LogP contribution in [0.2, 0.25) is 5.02 Å². The van der Waals surface area contributed by atoms with Crippen LogP contribution in [0.1, 0.15) is 25.0 Å². The highest BCUT2D eigenvalue weighted by atomic mass is 35.5. The highest BCUT2D eigenvalue weighted by molar-refractivity contribution is 6.39. The number of benzene rings is 2. The lowest BCUT2D eigenvalue weighted by Crippen LogP contribution is -2.54. The first-order valence-electron chi connectivity index (χ1n) is 9.43. The van der Waals surface area contributed by atoms with E-state index in [9.17, 15) is 14.4 Å². The summed E-state index contributed by atoms with van der Waals surface area (Å²) in [5.74, 6) is -0.454. The Morgan fingerprint density at radius 1 is 1.00 bits per heavy atom. The number of urea groups is 1. The van der Waals surface area contributed by atoms with E-state index in [1.165, 1.54) is 12.1 Å². The molecule has 3 rings (SSSR count). The molecule has 7 nitrogen and oxygen atoms in total. The van der Waals surface area contributed by atoms with Crippen molar-refractivity contribution >= 4 is 41.2 Å². The molecule has 1 saturated heterocycles. The maximum absolute atomic E-state index is 13.0. The predicted molar refractivity (Wildman–Crippen MR) is 114 cm³/mol. The van der Waals surface area contributed by atoms with Gasteiger partial charge in [-0.25, -0.2) is 9.69 Å². The van der Waals surface area contributed by atoms with Crippen LogP contribution in [0.3, 0.4) is 0 Å². The third-order valence-corrected chi connectivity index (χ3v) is 4.80. The van der Waals surface area contributed by atoms with Crippen molar-refractivity contribution < 1.29 is 23.9 Å². The van der Waals surface area contributed by atoms with Crippen molar-refractivity contribution in [2.75, 3.05) is 18.1 Å². The molecule has 0 radical (unpaired) electrons. The zero-order valence-electron chi connectivity index (χ0n) is 16.8. The zero-order valence-corrected chi connectivity index (χ0v) is 17.6. The number of halogens is 1. The van der Waals surface area contributed by atoms with Gasteiger partial charge in [0.25, 0.3) is 11.8 Å². The van der Waals surface area contributed by atoms with E-state index in [2.05, 4.69) is 5.32 Å². The fourth-order valence-corrected chi connectivity index (χ4v) is 3.11. The van der Waals surface area contributed by atoms with Gasteiger partial charge in [0.1, 0.15) is 5.57 Å². The largest absolute Gasteiger partial charge is 0.490 e. The van der Waals surface area contributed by atoms with Crippen molar-refractivity contribution in [2.45, 2.75) is 20.8 Å². The van der Waals surface area contributed by atoms with Gasteiger partial charge in [0.2, 0.25) is 0 Å². The summed E-state index contributed by atoms with van der Waals surface area (Å²) in [6, 6.07) is 9.04. The number of anilines is 1. The highest BCUT2D eigenvalue weighted by Crippen LogP contribution is 2.31. The fraction of sp³-hybridized carbons (Fsp3) is 0.227. The first-order chi connectivity index (χ1) is 14.3. The topological polar surface area (TPSA) is 84.9 Å². The van der Waals surface area contributed by atoms with Gasteiger partial charge < -0.3 is 9.47 Å². The number of carbonyl (C=O) groups excluding carboxylic acids is 3. The van der Waals surface area contributed by atoms with E-state index in [1.807, 2.05) is 13.8 Å². The summed E-state index contributed by atoms with van der Waals surface area (Å²) in [5, 5.41) is 2.60. The van der Waals surface area contributed by atoms with Crippen molar-refractivity contribution in [1.29, 1.82) is 0 Å². The third kappa shape index (κ3) is 4.31. The molecule has 4 amide bonds. The van der Waals surface area contributed by atoms with Gasteiger partial charge in [0.05, 0.1) is 18.9 Å². The van der Waals surface area contributed by atoms with E-state index >= 15 is 0 Å². The lowest BCUT2D eigenvalue weighted by atomic mass is 10.1. The quantitative estimate of drug-likeness (QED) is 0.552. The number of amides is 4. The van der Waals surface area contributed by atoms with Crippen molar-refractivity contribution in [3.05, 3.63) is 58.1 Å². The smallest absolute Gasteiger partial charge is 0.335 e. The lowest BCUT2D eigenvalue weighted by molar-refractivity contribution is -0.122. The number of hydrogen-bond donors (Lipinski definition) is 1. The standard InChI is InChI=1S/C22H21ClN2O5/c1-4-29-18-9-7-14(11-19(18)30-5-2)10-16-20(26)24-22(28)25(21(16)27)15-8-6-13(3)17(23)12-15/h6-12H,4-5H2,1-3H3,(H,24,26,28)/b16-10-. The Morgan fingerprint density at radius 2 is 1.70 bits per heavy atom. The predicted octanol–water partition coefficient (Wildman–Crippen LogP) is 4.11. The number of rotatable bonds is 6. The summed E-state index contributed by atoms with van der Waals surface area (Å²) in [5.41, 5.74) is 1.44. The van der Waals surface area contributed by atoms with Crippen LogP contribution >= 0.6 is 11.6 Å². The molecule has 0 atom stereocenters. The van der Waals surface area contributed by atoms with E-state index in [-0.39, 0.29) is 11.3 Å². The van der Waals surface area contributed by atoms with Crippen LogP contribution in [0.15, 0.2) is 42.0 Å². The molecule has 30 heavy (non-hydrogen) atoms. The van der Waals surface area contributed by atoms with Crippen LogP contribution in [0, 0.1) is 6.92 Å².